The minimum absolute atomic E-state index is 0.0118. The molecule has 9 nitrogen and oxygen atoms in total. The number of halogens is 1. The Morgan fingerprint density at radius 3 is 2.94 bits per heavy atom. The van der Waals surface area contributed by atoms with Gasteiger partial charge in [-0.2, -0.15) is 5.10 Å². The molecule has 2 saturated heterocycles. The molecule has 0 aromatic carbocycles. The van der Waals surface area contributed by atoms with Crippen LogP contribution in [0.3, 0.4) is 0 Å². The smallest absolute Gasteiger partial charge is 0.405 e. The van der Waals surface area contributed by atoms with Crippen molar-refractivity contribution in [2.45, 2.75) is 37.8 Å². The Hall–Kier alpha value is -3.27. The van der Waals surface area contributed by atoms with Crippen LogP contribution in [0.5, 0.6) is 5.75 Å². The highest BCUT2D eigenvalue weighted by atomic mass is 19.1. The maximum Gasteiger partial charge on any atom is 0.413 e. The van der Waals surface area contributed by atoms with Gasteiger partial charge in [-0.1, -0.05) is 0 Å². The monoisotopic (exact) mass is 426 g/mol. The third-order valence-electron chi connectivity index (χ3n) is 5.73. The molecule has 2 aliphatic heterocycles. The van der Waals surface area contributed by atoms with Gasteiger partial charge in [-0.05, 0) is 43.4 Å². The van der Waals surface area contributed by atoms with Crippen LogP contribution in [0.15, 0.2) is 36.9 Å². The summed E-state index contributed by atoms with van der Waals surface area (Å²) in [6.45, 7) is 2.05. The van der Waals surface area contributed by atoms with Crippen LogP contribution >= 0.6 is 0 Å². The number of rotatable bonds is 4. The van der Waals surface area contributed by atoms with Gasteiger partial charge in [-0.3, -0.25) is 4.98 Å². The average molecular weight is 426 g/mol. The lowest BCUT2D eigenvalue weighted by Gasteiger charge is -2.26. The number of carbonyl (C=O) groups excluding carboxylic acids is 1. The first-order chi connectivity index (χ1) is 15.2. The molecule has 5 heterocycles. The second-order valence-corrected chi connectivity index (χ2v) is 7.77. The summed E-state index contributed by atoms with van der Waals surface area (Å²) in [5.74, 6) is 0.652. The molecule has 3 aromatic rings. The molecule has 1 N–H and O–H groups in total. The number of amides is 1. The number of aromatic nitrogens is 4. The first-order valence-electron chi connectivity index (χ1n) is 10.4. The fraction of sp³-hybridized carbons (Fsp3) is 0.429. The van der Waals surface area contributed by atoms with Crippen molar-refractivity contribution in [1.29, 1.82) is 0 Å². The van der Waals surface area contributed by atoms with E-state index in [0.717, 1.165) is 43.6 Å². The SMILES string of the molecule is O=C(NC1CCOCC1)Oc1cnn2ccc(N3CCC[C@@H]3c3cncc(F)c3)nc12. The summed E-state index contributed by atoms with van der Waals surface area (Å²) in [5, 5.41) is 7.09. The Kier molecular flexibility index (Phi) is 5.37. The van der Waals surface area contributed by atoms with Gasteiger partial charge >= 0.3 is 6.09 Å². The van der Waals surface area contributed by atoms with E-state index >= 15 is 0 Å². The second kappa shape index (κ2) is 8.46. The molecule has 31 heavy (non-hydrogen) atoms. The largest absolute Gasteiger partial charge is 0.413 e. The molecular formula is C21H23FN6O3. The van der Waals surface area contributed by atoms with Crippen LogP contribution in [-0.4, -0.2) is 51.5 Å². The summed E-state index contributed by atoms with van der Waals surface area (Å²) in [5.41, 5.74) is 1.27. The number of nitrogens with one attached hydrogen (secondary N) is 1. The van der Waals surface area contributed by atoms with Crippen molar-refractivity contribution in [3.8, 4) is 5.75 Å². The molecule has 0 aliphatic carbocycles. The van der Waals surface area contributed by atoms with Gasteiger partial charge in [0.15, 0.2) is 5.75 Å². The van der Waals surface area contributed by atoms with Crippen LogP contribution in [0.1, 0.15) is 37.3 Å². The molecule has 162 valence electrons. The van der Waals surface area contributed by atoms with Crippen molar-refractivity contribution in [3.05, 3.63) is 48.3 Å². The van der Waals surface area contributed by atoms with Crippen LogP contribution in [-0.2, 0) is 4.74 Å². The van der Waals surface area contributed by atoms with Gasteiger partial charge in [-0.25, -0.2) is 18.7 Å². The number of hydrogen-bond acceptors (Lipinski definition) is 7. The van der Waals surface area contributed by atoms with E-state index in [1.165, 1.54) is 18.5 Å². The van der Waals surface area contributed by atoms with E-state index in [0.29, 0.717) is 18.9 Å². The number of carbonyl (C=O) groups is 1. The Bertz CT molecular complexity index is 1080. The van der Waals surface area contributed by atoms with Crippen molar-refractivity contribution >= 4 is 17.6 Å². The van der Waals surface area contributed by atoms with Crippen molar-refractivity contribution in [2.24, 2.45) is 0 Å². The summed E-state index contributed by atoms with van der Waals surface area (Å²) >= 11 is 0. The quantitative estimate of drug-likeness (QED) is 0.686. The van der Waals surface area contributed by atoms with Crippen molar-refractivity contribution in [1.82, 2.24) is 24.9 Å². The minimum atomic E-state index is -0.529. The molecule has 1 atom stereocenters. The molecular weight excluding hydrogens is 403 g/mol. The molecule has 1 amide bonds. The maximum absolute atomic E-state index is 13.7. The Morgan fingerprint density at radius 1 is 1.23 bits per heavy atom. The number of anilines is 1. The lowest BCUT2D eigenvalue weighted by atomic mass is 10.1. The predicted molar refractivity (Wildman–Crippen MR) is 110 cm³/mol. The number of hydrogen-bond donors (Lipinski definition) is 1. The molecule has 5 rings (SSSR count). The molecule has 0 saturated carbocycles. The van der Waals surface area contributed by atoms with Gasteiger partial charge in [0, 0.05) is 38.2 Å². The fourth-order valence-electron chi connectivity index (χ4n) is 4.21. The number of fused-ring (bicyclic) bond motifs is 1. The first kappa shape index (κ1) is 19.7. The molecule has 2 fully saturated rings. The summed E-state index contributed by atoms with van der Waals surface area (Å²) < 4.78 is 26.1. The highest BCUT2D eigenvalue weighted by Gasteiger charge is 2.28. The van der Waals surface area contributed by atoms with Gasteiger partial charge < -0.3 is 19.7 Å². The van der Waals surface area contributed by atoms with Crippen molar-refractivity contribution in [2.75, 3.05) is 24.7 Å². The Balaban J connectivity index is 1.36. The number of nitrogens with zero attached hydrogens (tertiary/aromatic N) is 5. The summed E-state index contributed by atoms with van der Waals surface area (Å²) in [7, 11) is 0. The molecule has 0 spiro atoms. The van der Waals surface area contributed by atoms with E-state index in [2.05, 4.69) is 20.3 Å². The molecule has 0 radical (unpaired) electrons. The lowest BCUT2D eigenvalue weighted by molar-refractivity contribution is 0.0778. The molecule has 10 heteroatoms. The number of ether oxygens (including phenoxy) is 2. The van der Waals surface area contributed by atoms with E-state index in [4.69, 9.17) is 14.5 Å². The lowest BCUT2D eigenvalue weighted by Crippen LogP contribution is -2.40. The van der Waals surface area contributed by atoms with Crippen molar-refractivity contribution in [3.63, 3.8) is 0 Å². The first-order valence-corrected chi connectivity index (χ1v) is 10.4. The molecule has 0 unspecified atom stereocenters. The molecule has 2 aliphatic rings. The Morgan fingerprint density at radius 2 is 2.10 bits per heavy atom. The van der Waals surface area contributed by atoms with E-state index in [9.17, 15) is 9.18 Å². The van der Waals surface area contributed by atoms with E-state index < -0.39 is 6.09 Å². The van der Waals surface area contributed by atoms with Crippen LogP contribution in [0, 0.1) is 5.82 Å². The van der Waals surface area contributed by atoms with Gasteiger partial charge in [0.2, 0.25) is 5.65 Å². The zero-order valence-corrected chi connectivity index (χ0v) is 16.9. The Labute approximate surface area is 178 Å². The van der Waals surface area contributed by atoms with Gasteiger partial charge in [-0.15, -0.1) is 0 Å². The topological polar surface area (TPSA) is 93.9 Å². The van der Waals surface area contributed by atoms with Crippen LogP contribution in [0.4, 0.5) is 15.0 Å². The highest BCUT2D eigenvalue weighted by Crippen LogP contribution is 2.35. The van der Waals surface area contributed by atoms with Gasteiger partial charge in [0.1, 0.15) is 11.6 Å². The summed E-state index contributed by atoms with van der Waals surface area (Å²) in [4.78, 5) is 23.1. The van der Waals surface area contributed by atoms with Gasteiger partial charge in [0.05, 0.1) is 18.4 Å². The summed E-state index contributed by atoms with van der Waals surface area (Å²) in [6, 6.07) is 3.40. The van der Waals surface area contributed by atoms with Crippen molar-refractivity contribution < 1.29 is 18.7 Å². The van der Waals surface area contributed by atoms with Crippen LogP contribution in [0.2, 0.25) is 0 Å². The summed E-state index contributed by atoms with van der Waals surface area (Å²) in [6.07, 6.45) is 8.99. The van der Waals surface area contributed by atoms with Crippen LogP contribution in [0.25, 0.3) is 5.65 Å². The minimum Gasteiger partial charge on any atom is -0.405 e. The maximum atomic E-state index is 13.7. The highest BCUT2D eigenvalue weighted by molar-refractivity contribution is 5.73. The van der Waals surface area contributed by atoms with Crippen LogP contribution < -0.4 is 15.0 Å². The third kappa shape index (κ3) is 4.15. The zero-order valence-electron chi connectivity index (χ0n) is 16.9. The molecule has 3 aromatic heterocycles. The normalized spacial score (nSPS) is 19.6. The van der Waals surface area contributed by atoms with E-state index in [1.54, 1.807) is 16.9 Å². The standard InChI is InChI=1S/C21H23FN6O3/c22-15-10-14(11-23-12-15)17-2-1-6-27(17)19-3-7-28-20(26-19)18(13-24-28)31-21(29)25-16-4-8-30-9-5-16/h3,7,10-13,16-17H,1-2,4-6,8-9H2,(H,25,29)/t17-/m1/s1. The predicted octanol–water partition coefficient (Wildman–Crippen LogP) is 2.87. The third-order valence-corrected chi connectivity index (χ3v) is 5.73. The number of pyridine rings is 1. The second-order valence-electron chi connectivity index (χ2n) is 7.77. The average Bonchev–Trinajstić information content (AvgIpc) is 3.42. The zero-order chi connectivity index (χ0) is 21.2. The van der Waals surface area contributed by atoms with E-state index in [1.807, 2.05) is 6.07 Å². The van der Waals surface area contributed by atoms with E-state index in [-0.39, 0.29) is 23.7 Å². The van der Waals surface area contributed by atoms with Gasteiger partial charge in [0.25, 0.3) is 0 Å². The fourth-order valence-corrected chi connectivity index (χ4v) is 4.21. The molecule has 0 bridgehead atoms.